The van der Waals surface area contributed by atoms with Gasteiger partial charge in [-0.25, -0.2) is 5.43 Å². The first-order valence-electron chi connectivity index (χ1n) is 7.57. The fourth-order valence-corrected chi connectivity index (χ4v) is 2.03. The third-order valence-corrected chi connectivity index (χ3v) is 3.34. The van der Waals surface area contributed by atoms with Gasteiger partial charge in [0.05, 0.1) is 12.8 Å². The van der Waals surface area contributed by atoms with Gasteiger partial charge < -0.3 is 9.47 Å². The zero-order valence-electron chi connectivity index (χ0n) is 13.5. The van der Waals surface area contributed by atoms with E-state index in [9.17, 15) is 4.79 Å². The number of hydrogen-bond acceptors (Lipinski definition) is 4. The van der Waals surface area contributed by atoms with Crippen LogP contribution in [0.3, 0.4) is 0 Å². The Kier molecular flexibility index (Phi) is 6.63. The second kappa shape index (κ2) is 8.93. The number of ether oxygens (including phenoxy) is 2. The van der Waals surface area contributed by atoms with Crippen LogP contribution in [0.2, 0.25) is 5.02 Å². The lowest BCUT2D eigenvalue weighted by molar-refractivity contribution is -0.127. The van der Waals surface area contributed by atoms with Gasteiger partial charge in [-0.3, -0.25) is 4.79 Å². The Hall–Kier alpha value is -2.53. The summed E-state index contributed by atoms with van der Waals surface area (Å²) in [6.07, 6.45) is 0.850. The van der Waals surface area contributed by atoms with E-state index in [4.69, 9.17) is 21.1 Å². The predicted molar refractivity (Wildman–Crippen MR) is 94.9 cm³/mol. The number of nitrogens with zero attached hydrogens (tertiary/aromatic N) is 1. The molecule has 1 atom stereocenters. The molecule has 0 aliphatic rings. The van der Waals surface area contributed by atoms with Gasteiger partial charge in [0.2, 0.25) is 0 Å². The number of hydrogen-bond donors (Lipinski definition) is 1. The van der Waals surface area contributed by atoms with Crippen LogP contribution in [0.5, 0.6) is 11.5 Å². The molecule has 0 bridgehead atoms. The van der Waals surface area contributed by atoms with Gasteiger partial charge in [-0.05, 0) is 50.2 Å². The summed E-state index contributed by atoms with van der Waals surface area (Å²) in [6, 6.07) is 14.3. The molecule has 2 rings (SSSR count). The molecular formula is C18H19ClN2O3. The van der Waals surface area contributed by atoms with Crippen LogP contribution >= 0.6 is 11.6 Å². The van der Waals surface area contributed by atoms with Gasteiger partial charge in [0.1, 0.15) is 11.5 Å². The molecule has 0 radical (unpaired) electrons. The maximum Gasteiger partial charge on any atom is 0.280 e. The topological polar surface area (TPSA) is 59.9 Å². The highest BCUT2D eigenvalue weighted by atomic mass is 35.5. The minimum atomic E-state index is -0.689. The molecule has 1 N–H and O–H groups in total. The van der Waals surface area contributed by atoms with Crippen molar-refractivity contribution in [3.8, 4) is 11.5 Å². The molecule has 0 aliphatic carbocycles. The Balaban J connectivity index is 1.91. The second-order valence-electron chi connectivity index (χ2n) is 4.92. The summed E-state index contributed by atoms with van der Waals surface area (Å²) in [7, 11) is 0. The Labute approximate surface area is 146 Å². The number of rotatable bonds is 7. The number of amides is 1. The molecule has 6 heteroatoms. The molecular weight excluding hydrogens is 328 g/mol. The Bertz CT molecular complexity index is 702. The van der Waals surface area contributed by atoms with E-state index in [2.05, 4.69) is 10.5 Å². The average molecular weight is 347 g/mol. The molecule has 2 aromatic rings. The van der Waals surface area contributed by atoms with Gasteiger partial charge in [-0.2, -0.15) is 5.10 Å². The maximum atomic E-state index is 12.0. The third kappa shape index (κ3) is 5.28. The Morgan fingerprint density at radius 3 is 2.67 bits per heavy atom. The zero-order valence-corrected chi connectivity index (χ0v) is 14.3. The number of hydrazone groups is 1. The number of carbonyl (C=O) groups is 1. The van der Waals surface area contributed by atoms with E-state index in [-0.39, 0.29) is 5.91 Å². The van der Waals surface area contributed by atoms with E-state index >= 15 is 0 Å². The van der Waals surface area contributed by atoms with Crippen molar-refractivity contribution in [3.05, 3.63) is 59.1 Å². The molecule has 0 heterocycles. The highest BCUT2D eigenvalue weighted by molar-refractivity contribution is 6.30. The molecule has 0 saturated heterocycles. The van der Waals surface area contributed by atoms with E-state index in [1.165, 1.54) is 6.21 Å². The number of benzene rings is 2. The molecule has 0 fully saturated rings. The number of para-hydroxylation sites is 1. The lowest BCUT2D eigenvalue weighted by Gasteiger charge is -2.12. The van der Waals surface area contributed by atoms with Gasteiger partial charge in [0, 0.05) is 10.6 Å². The van der Waals surface area contributed by atoms with Crippen molar-refractivity contribution in [1.82, 2.24) is 5.43 Å². The largest absolute Gasteiger partial charge is 0.493 e. The van der Waals surface area contributed by atoms with E-state index in [1.54, 1.807) is 31.2 Å². The monoisotopic (exact) mass is 346 g/mol. The summed E-state index contributed by atoms with van der Waals surface area (Å²) in [6.45, 7) is 4.11. The average Bonchev–Trinajstić information content (AvgIpc) is 2.58. The van der Waals surface area contributed by atoms with E-state index < -0.39 is 6.10 Å². The molecule has 1 amide bonds. The molecule has 5 nitrogen and oxygen atoms in total. The number of halogens is 1. The predicted octanol–water partition coefficient (Wildman–Crippen LogP) is 3.66. The summed E-state index contributed by atoms with van der Waals surface area (Å²) < 4.78 is 11.0. The van der Waals surface area contributed by atoms with Crippen LogP contribution in [0.4, 0.5) is 0 Å². The highest BCUT2D eigenvalue weighted by Gasteiger charge is 2.13. The van der Waals surface area contributed by atoms with Gasteiger partial charge in [0.15, 0.2) is 6.10 Å². The van der Waals surface area contributed by atoms with Crippen LogP contribution in [0.25, 0.3) is 0 Å². The molecule has 2 aromatic carbocycles. The maximum absolute atomic E-state index is 12.0. The van der Waals surface area contributed by atoms with Crippen molar-refractivity contribution in [2.24, 2.45) is 5.10 Å². The zero-order chi connectivity index (χ0) is 17.4. The quantitative estimate of drug-likeness (QED) is 0.615. The summed E-state index contributed by atoms with van der Waals surface area (Å²) in [5.41, 5.74) is 3.24. The normalized spacial score (nSPS) is 12.0. The first kappa shape index (κ1) is 17.8. The number of nitrogens with one attached hydrogen (secondary N) is 1. The minimum absolute atomic E-state index is 0.352. The summed E-state index contributed by atoms with van der Waals surface area (Å²) in [5.74, 6) is 0.922. The summed E-state index contributed by atoms with van der Waals surface area (Å²) in [4.78, 5) is 12.0. The van der Waals surface area contributed by atoms with Gasteiger partial charge in [0.25, 0.3) is 5.91 Å². The Morgan fingerprint density at radius 2 is 1.96 bits per heavy atom. The van der Waals surface area contributed by atoms with Crippen molar-refractivity contribution >= 4 is 23.7 Å². The minimum Gasteiger partial charge on any atom is -0.493 e. The van der Waals surface area contributed by atoms with Gasteiger partial charge in [-0.15, -0.1) is 0 Å². The Morgan fingerprint density at radius 1 is 1.25 bits per heavy atom. The molecule has 0 spiro atoms. The highest BCUT2D eigenvalue weighted by Crippen LogP contribution is 2.17. The first-order chi connectivity index (χ1) is 11.6. The van der Waals surface area contributed by atoms with E-state index in [1.807, 2.05) is 31.2 Å². The molecule has 0 aromatic heterocycles. The van der Waals surface area contributed by atoms with Crippen LogP contribution in [0, 0.1) is 0 Å². The lowest BCUT2D eigenvalue weighted by Crippen LogP contribution is -2.33. The lowest BCUT2D eigenvalue weighted by atomic mass is 10.2. The molecule has 0 saturated carbocycles. The van der Waals surface area contributed by atoms with Crippen molar-refractivity contribution in [1.29, 1.82) is 0 Å². The summed E-state index contributed by atoms with van der Waals surface area (Å²) in [5, 5.41) is 4.56. The third-order valence-electron chi connectivity index (χ3n) is 3.09. The smallest absolute Gasteiger partial charge is 0.280 e. The van der Waals surface area contributed by atoms with Crippen LogP contribution in [-0.2, 0) is 4.79 Å². The van der Waals surface area contributed by atoms with Gasteiger partial charge >= 0.3 is 0 Å². The van der Waals surface area contributed by atoms with Crippen molar-refractivity contribution < 1.29 is 14.3 Å². The van der Waals surface area contributed by atoms with Crippen molar-refractivity contribution in [2.75, 3.05) is 6.61 Å². The van der Waals surface area contributed by atoms with Gasteiger partial charge in [-0.1, -0.05) is 23.7 Å². The van der Waals surface area contributed by atoms with Crippen LogP contribution in [-0.4, -0.2) is 24.8 Å². The second-order valence-corrected chi connectivity index (χ2v) is 5.36. The molecule has 1 unspecified atom stereocenters. The van der Waals surface area contributed by atoms with Crippen LogP contribution in [0.1, 0.15) is 19.4 Å². The van der Waals surface area contributed by atoms with E-state index in [0.29, 0.717) is 23.1 Å². The number of carbonyl (C=O) groups excluding carboxylic acids is 1. The van der Waals surface area contributed by atoms with Crippen molar-refractivity contribution in [2.45, 2.75) is 20.0 Å². The van der Waals surface area contributed by atoms with E-state index in [0.717, 1.165) is 5.56 Å². The van der Waals surface area contributed by atoms with Crippen LogP contribution in [0.15, 0.2) is 53.6 Å². The van der Waals surface area contributed by atoms with Crippen molar-refractivity contribution in [3.63, 3.8) is 0 Å². The fourth-order valence-electron chi connectivity index (χ4n) is 1.90. The molecule has 126 valence electrons. The molecule has 24 heavy (non-hydrogen) atoms. The molecule has 0 aliphatic heterocycles. The fraction of sp³-hybridized carbons (Fsp3) is 0.222. The standard InChI is InChI=1S/C18H19ClN2O3/c1-3-23-17-7-5-4-6-14(17)12-20-21-18(22)13(2)24-16-10-8-15(19)9-11-16/h4-13H,3H2,1-2H3,(H,21,22). The summed E-state index contributed by atoms with van der Waals surface area (Å²) >= 11 is 5.81. The van der Waals surface area contributed by atoms with Crippen LogP contribution < -0.4 is 14.9 Å². The first-order valence-corrected chi connectivity index (χ1v) is 7.95. The SMILES string of the molecule is CCOc1ccccc1C=NNC(=O)C(C)Oc1ccc(Cl)cc1.